The molecule has 1 atom stereocenters. The molecule has 9 heteroatoms. The van der Waals surface area contributed by atoms with Crippen LogP contribution in [0.1, 0.15) is 26.2 Å². The van der Waals surface area contributed by atoms with Gasteiger partial charge >= 0.3 is 15.6 Å². The van der Waals surface area contributed by atoms with Gasteiger partial charge in [0.15, 0.2) is 0 Å². The van der Waals surface area contributed by atoms with Crippen LogP contribution in [0, 0.1) is 0 Å². The van der Waals surface area contributed by atoms with Gasteiger partial charge in [-0.25, -0.2) is 9.13 Å². The minimum Gasteiger partial charge on any atom is -0.302 e. The molecule has 16 heavy (non-hydrogen) atoms. The monoisotopic (exact) mass is 276 g/mol. The largest absolute Gasteiger partial charge is 0.483 e. The van der Waals surface area contributed by atoms with Crippen LogP contribution in [-0.2, 0) is 27.0 Å². The van der Waals surface area contributed by atoms with Gasteiger partial charge in [-0.15, -0.1) is 0 Å². The molecule has 0 aliphatic rings. The fraction of sp³-hybridized carbons (Fsp3) is 1.00. The average molecular weight is 276 g/mol. The summed E-state index contributed by atoms with van der Waals surface area (Å²) in [6.07, 6.45) is 2.44. The highest BCUT2D eigenvalue weighted by molar-refractivity contribution is 7.61. The Balaban J connectivity index is 4.13. The van der Waals surface area contributed by atoms with Gasteiger partial charge in [0, 0.05) is 14.2 Å². The van der Waals surface area contributed by atoms with Gasteiger partial charge in [0.1, 0.15) is 0 Å². The standard InChI is InChI=1S/C7H18O7P2/c1-4-5-6-7-13-15(8,9)14-16(10,11-2)12-3/h4-7H2,1-3H3,(H,8,9). The zero-order chi connectivity index (χ0) is 12.7. The summed E-state index contributed by atoms with van der Waals surface area (Å²) < 4.78 is 40.3. The predicted octanol–water partition coefficient (Wildman–Crippen LogP) is 2.71. The Morgan fingerprint density at radius 2 is 1.69 bits per heavy atom. The molecule has 0 saturated carbocycles. The van der Waals surface area contributed by atoms with Gasteiger partial charge in [0.25, 0.3) is 0 Å². The molecule has 0 saturated heterocycles. The van der Waals surface area contributed by atoms with E-state index < -0.39 is 15.6 Å². The number of unbranched alkanes of at least 4 members (excludes halogenated alkanes) is 2. The normalized spacial score (nSPS) is 16.0. The maximum Gasteiger partial charge on any atom is 0.483 e. The number of phosphoric ester groups is 2. The Hall–Kier alpha value is 0.260. The van der Waals surface area contributed by atoms with Crippen molar-refractivity contribution in [1.29, 1.82) is 0 Å². The Bertz CT molecular complexity index is 272. The fourth-order valence-electron chi connectivity index (χ4n) is 0.823. The first kappa shape index (κ1) is 16.3. The molecule has 0 radical (unpaired) electrons. The molecule has 0 aromatic carbocycles. The summed E-state index contributed by atoms with van der Waals surface area (Å²) in [7, 11) is -6.31. The molecule has 0 aromatic rings. The highest BCUT2D eigenvalue weighted by atomic mass is 31.3. The molecule has 0 amide bonds. The second kappa shape index (κ2) is 7.56. The van der Waals surface area contributed by atoms with Crippen molar-refractivity contribution in [2.75, 3.05) is 20.8 Å². The summed E-state index contributed by atoms with van der Waals surface area (Å²) in [5.74, 6) is 0. The van der Waals surface area contributed by atoms with Crippen LogP contribution < -0.4 is 0 Å². The molecule has 7 nitrogen and oxygen atoms in total. The van der Waals surface area contributed by atoms with Gasteiger partial charge in [0.05, 0.1) is 6.61 Å². The summed E-state index contributed by atoms with van der Waals surface area (Å²) in [6.45, 7) is 2.04. The first-order valence-corrected chi connectivity index (χ1v) is 7.75. The molecule has 0 aliphatic heterocycles. The van der Waals surface area contributed by atoms with E-state index in [9.17, 15) is 14.0 Å². The van der Waals surface area contributed by atoms with Crippen molar-refractivity contribution < 1.29 is 31.9 Å². The summed E-state index contributed by atoms with van der Waals surface area (Å²) in [5.41, 5.74) is 0. The van der Waals surface area contributed by atoms with E-state index in [-0.39, 0.29) is 6.61 Å². The van der Waals surface area contributed by atoms with Crippen LogP contribution in [0.25, 0.3) is 0 Å². The van der Waals surface area contributed by atoms with Gasteiger partial charge < -0.3 is 4.89 Å². The van der Waals surface area contributed by atoms with Crippen LogP contribution >= 0.6 is 15.6 Å². The zero-order valence-electron chi connectivity index (χ0n) is 9.62. The van der Waals surface area contributed by atoms with Crippen LogP contribution in [0.5, 0.6) is 0 Å². The molecular formula is C7H18O7P2. The first-order valence-electron chi connectivity index (χ1n) is 4.79. The predicted molar refractivity (Wildman–Crippen MR) is 58.0 cm³/mol. The van der Waals surface area contributed by atoms with Crippen molar-refractivity contribution in [3.63, 3.8) is 0 Å². The molecule has 0 aliphatic carbocycles. The molecule has 0 fully saturated rings. The third-order valence-electron chi connectivity index (χ3n) is 1.65. The summed E-state index contributed by atoms with van der Waals surface area (Å²) in [4.78, 5) is 9.19. The maximum absolute atomic E-state index is 11.4. The minimum atomic E-state index is -4.40. The van der Waals surface area contributed by atoms with Crippen LogP contribution in [-0.4, -0.2) is 25.7 Å². The van der Waals surface area contributed by atoms with Gasteiger partial charge in [-0.2, -0.15) is 4.31 Å². The molecule has 1 unspecified atom stereocenters. The van der Waals surface area contributed by atoms with Gasteiger partial charge in [-0.05, 0) is 6.42 Å². The van der Waals surface area contributed by atoms with Crippen molar-refractivity contribution >= 4 is 15.6 Å². The van der Waals surface area contributed by atoms with Crippen molar-refractivity contribution in [1.82, 2.24) is 0 Å². The molecule has 98 valence electrons. The van der Waals surface area contributed by atoms with E-state index >= 15 is 0 Å². The fourth-order valence-corrected chi connectivity index (χ4v) is 3.06. The quantitative estimate of drug-likeness (QED) is 0.511. The second-order valence-corrected chi connectivity index (χ2v) is 6.38. The van der Waals surface area contributed by atoms with Crippen molar-refractivity contribution in [3.05, 3.63) is 0 Å². The summed E-state index contributed by atoms with van der Waals surface area (Å²) in [5, 5.41) is 0. The number of hydrogen-bond acceptors (Lipinski definition) is 6. The smallest absolute Gasteiger partial charge is 0.302 e. The number of rotatable bonds is 9. The summed E-state index contributed by atoms with van der Waals surface area (Å²) >= 11 is 0. The summed E-state index contributed by atoms with van der Waals surface area (Å²) in [6, 6.07) is 0. The average Bonchev–Trinajstić information content (AvgIpc) is 2.24. The van der Waals surface area contributed by atoms with Crippen LogP contribution in [0.2, 0.25) is 0 Å². The number of hydrogen-bond donors (Lipinski definition) is 1. The Kier molecular flexibility index (Phi) is 7.68. The van der Waals surface area contributed by atoms with Crippen molar-refractivity contribution in [3.8, 4) is 0 Å². The third kappa shape index (κ3) is 6.76. The molecule has 0 heterocycles. The van der Waals surface area contributed by atoms with E-state index in [0.29, 0.717) is 6.42 Å². The van der Waals surface area contributed by atoms with E-state index in [1.165, 1.54) is 0 Å². The van der Waals surface area contributed by atoms with Gasteiger partial charge in [-0.1, -0.05) is 19.8 Å². The zero-order valence-corrected chi connectivity index (χ0v) is 11.4. The Morgan fingerprint density at radius 1 is 1.12 bits per heavy atom. The lowest BCUT2D eigenvalue weighted by atomic mass is 10.3. The SMILES string of the molecule is CCCCCOP(=O)(O)OP(=O)(OC)OC. The van der Waals surface area contributed by atoms with Gasteiger partial charge in [-0.3, -0.25) is 13.6 Å². The van der Waals surface area contributed by atoms with Crippen LogP contribution in [0.4, 0.5) is 0 Å². The Morgan fingerprint density at radius 3 is 2.12 bits per heavy atom. The first-order chi connectivity index (χ1) is 7.39. The van der Waals surface area contributed by atoms with Crippen LogP contribution in [0.15, 0.2) is 0 Å². The molecule has 0 bridgehead atoms. The topological polar surface area (TPSA) is 91.3 Å². The molecule has 0 aromatic heterocycles. The van der Waals surface area contributed by atoms with Crippen molar-refractivity contribution in [2.24, 2.45) is 0 Å². The highest BCUT2D eigenvalue weighted by Gasteiger charge is 2.36. The van der Waals surface area contributed by atoms with E-state index in [1.54, 1.807) is 0 Å². The lowest BCUT2D eigenvalue weighted by Gasteiger charge is -2.16. The third-order valence-corrected chi connectivity index (χ3v) is 4.68. The maximum atomic E-state index is 11.4. The second-order valence-electron chi connectivity index (χ2n) is 2.90. The van der Waals surface area contributed by atoms with Gasteiger partial charge in [0.2, 0.25) is 0 Å². The molecule has 1 N–H and O–H groups in total. The molecular weight excluding hydrogens is 258 g/mol. The number of phosphoric acid groups is 2. The van der Waals surface area contributed by atoms with Crippen LogP contribution in [0.3, 0.4) is 0 Å². The van der Waals surface area contributed by atoms with Crippen molar-refractivity contribution in [2.45, 2.75) is 26.2 Å². The lowest BCUT2D eigenvalue weighted by Crippen LogP contribution is -1.98. The Labute approximate surface area is 95.3 Å². The minimum absolute atomic E-state index is 0.0506. The van der Waals surface area contributed by atoms with E-state index in [1.807, 2.05) is 6.92 Å². The lowest BCUT2D eigenvalue weighted by molar-refractivity contribution is 0.155. The molecule has 0 rings (SSSR count). The van der Waals surface area contributed by atoms with E-state index in [4.69, 9.17) is 0 Å². The highest BCUT2D eigenvalue weighted by Crippen LogP contribution is 2.62. The van der Waals surface area contributed by atoms with E-state index in [2.05, 4.69) is 17.9 Å². The van der Waals surface area contributed by atoms with E-state index in [0.717, 1.165) is 27.1 Å². The molecule has 0 spiro atoms.